The molecule has 10 heavy (non-hydrogen) atoms. The minimum absolute atomic E-state index is 0.115. The molecule has 0 aliphatic heterocycles. The Balaban J connectivity index is 3.09. The summed E-state index contributed by atoms with van der Waals surface area (Å²) in [5.74, 6) is 0.926. The van der Waals surface area contributed by atoms with Crippen molar-refractivity contribution in [3.63, 3.8) is 0 Å². The molecule has 60 valence electrons. The lowest BCUT2D eigenvalue weighted by molar-refractivity contribution is 0.260. The molecule has 0 aromatic heterocycles. The summed E-state index contributed by atoms with van der Waals surface area (Å²) >= 11 is 1.37. The minimum atomic E-state index is 0.115. The topological polar surface area (TPSA) is 29.1 Å². The van der Waals surface area contributed by atoms with Gasteiger partial charge < -0.3 is 5.32 Å². The highest BCUT2D eigenvalue weighted by molar-refractivity contribution is 8.13. The van der Waals surface area contributed by atoms with Gasteiger partial charge in [-0.2, -0.15) is 0 Å². The molecule has 0 aliphatic rings. The SMILES string of the molecule is CCCNC(=O)SCCC. The Morgan fingerprint density at radius 3 is 2.60 bits per heavy atom. The molecule has 1 N–H and O–H groups in total. The Morgan fingerprint density at radius 2 is 2.10 bits per heavy atom. The van der Waals surface area contributed by atoms with Crippen LogP contribution in [0.2, 0.25) is 0 Å². The Kier molecular flexibility index (Phi) is 6.81. The predicted octanol–water partition coefficient (Wildman–Crippen LogP) is 2.25. The van der Waals surface area contributed by atoms with Crippen molar-refractivity contribution in [3.05, 3.63) is 0 Å². The zero-order valence-corrected chi connectivity index (χ0v) is 7.46. The number of carbonyl (C=O) groups excluding carboxylic acids is 1. The van der Waals surface area contributed by atoms with E-state index in [-0.39, 0.29) is 5.24 Å². The van der Waals surface area contributed by atoms with Gasteiger partial charge in [0.1, 0.15) is 0 Å². The molecule has 0 saturated carbocycles. The van der Waals surface area contributed by atoms with Gasteiger partial charge in [-0.15, -0.1) is 0 Å². The summed E-state index contributed by atoms with van der Waals surface area (Å²) in [5.41, 5.74) is 0. The second kappa shape index (κ2) is 6.93. The third-order valence-electron chi connectivity index (χ3n) is 0.957. The van der Waals surface area contributed by atoms with Gasteiger partial charge in [-0.25, -0.2) is 0 Å². The van der Waals surface area contributed by atoms with Gasteiger partial charge >= 0.3 is 0 Å². The maximum atomic E-state index is 10.8. The lowest BCUT2D eigenvalue weighted by Gasteiger charge is -1.99. The van der Waals surface area contributed by atoms with Crippen LogP contribution in [0.25, 0.3) is 0 Å². The lowest BCUT2D eigenvalue weighted by Crippen LogP contribution is -2.19. The highest BCUT2D eigenvalue weighted by Crippen LogP contribution is 2.02. The van der Waals surface area contributed by atoms with Gasteiger partial charge in [-0.3, -0.25) is 4.79 Å². The van der Waals surface area contributed by atoms with Crippen molar-refractivity contribution in [1.29, 1.82) is 0 Å². The van der Waals surface area contributed by atoms with Gasteiger partial charge in [-0.05, 0) is 12.8 Å². The average Bonchev–Trinajstić information content (AvgIpc) is 1.97. The maximum Gasteiger partial charge on any atom is 0.279 e. The molecular formula is C7H15NOS. The van der Waals surface area contributed by atoms with Crippen molar-refractivity contribution in [3.8, 4) is 0 Å². The quantitative estimate of drug-likeness (QED) is 0.685. The Hall–Kier alpha value is -0.180. The van der Waals surface area contributed by atoms with E-state index >= 15 is 0 Å². The number of nitrogens with one attached hydrogen (secondary N) is 1. The molecule has 0 fully saturated rings. The van der Waals surface area contributed by atoms with Crippen LogP contribution in [0.3, 0.4) is 0 Å². The summed E-state index contributed by atoms with van der Waals surface area (Å²) in [6.45, 7) is 4.92. The van der Waals surface area contributed by atoms with Crippen molar-refractivity contribution in [2.24, 2.45) is 0 Å². The molecule has 0 heterocycles. The van der Waals surface area contributed by atoms with Crippen molar-refractivity contribution in [2.75, 3.05) is 12.3 Å². The van der Waals surface area contributed by atoms with Crippen LogP contribution in [-0.4, -0.2) is 17.5 Å². The summed E-state index contributed by atoms with van der Waals surface area (Å²) in [6.07, 6.45) is 2.07. The molecule has 0 saturated heterocycles. The Morgan fingerprint density at radius 1 is 1.40 bits per heavy atom. The Labute approximate surface area is 66.8 Å². The van der Waals surface area contributed by atoms with Crippen molar-refractivity contribution in [2.45, 2.75) is 26.7 Å². The van der Waals surface area contributed by atoms with E-state index < -0.39 is 0 Å². The van der Waals surface area contributed by atoms with Crippen LogP contribution in [0.1, 0.15) is 26.7 Å². The van der Waals surface area contributed by atoms with Crippen LogP contribution in [0.4, 0.5) is 4.79 Å². The standard InChI is InChI=1S/C7H15NOS/c1-3-5-8-7(9)10-6-4-2/h3-6H2,1-2H3,(H,8,9). The van der Waals surface area contributed by atoms with Gasteiger partial charge in [0.25, 0.3) is 5.24 Å². The second-order valence-corrected chi connectivity index (χ2v) is 3.13. The number of carbonyl (C=O) groups is 1. The molecule has 0 spiro atoms. The summed E-state index contributed by atoms with van der Waals surface area (Å²) < 4.78 is 0. The molecule has 0 radical (unpaired) electrons. The van der Waals surface area contributed by atoms with Crippen LogP contribution in [0.5, 0.6) is 0 Å². The third kappa shape index (κ3) is 5.95. The van der Waals surface area contributed by atoms with Gasteiger partial charge in [-0.1, -0.05) is 25.6 Å². The zero-order valence-electron chi connectivity index (χ0n) is 6.64. The molecule has 0 aromatic carbocycles. The van der Waals surface area contributed by atoms with Crippen molar-refractivity contribution >= 4 is 17.0 Å². The van der Waals surface area contributed by atoms with Crippen LogP contribution in [-0.2, 0) is 0 Å². The van der Waals surface area contributed by atoms with Crippen molar-refractivity contribution in [1.82, 2.24) is 5.32 Å². The number of hydrogen-bond acceptors (Lipinski definition) is 2. The van der Waals surface area contributed by atoms with Crippen LogP contribution in [0, 0.1) is 0 Å². The first-order chi connectivity index (χ1) is 4.81. The average molecular weight is 161 g/mol. The van der Waals surface area contributed by atoms with Gasteiger partial charge in [0.2, 0.25) is 0 Å². The molecule has 0 aromatic rings. The van der Waals surface area contributed by atoms with E-state index in [0.717, 1.165) is 25.1 Å². The lowest BCUT2D eigenvalue weighted by atomic mass is 10.5. The molecule has 0 bridgehead atoms. The van der Waals surface area contributed by atoms with E-state index in [1.54, 1.807) is 0 Å². The van der Waals surface area contributed by atoms with E-state index in [0.29, 0.717) is 0 Å². The first-order valence-corrected chi connectivity index (χ1v) is 4.70. The van der Waals surface area contributed by atoms with Crippen molar-refractivity contribution < 1.29 is 4.79 Å². The van der Waals surface area contributed by atoms with Gasteiger partial charge in [0.15, 0.2) is 0 Å². The van der Waals surface area contributed by atoms with Crippen LogP contribution >= 0.6 is 11.8 Å². The first kappa shape index (κ1) is 9.82. The van der Waals surface area contributed by atoms with E-state index in [4.69, 9.17) is 0 Å². The molecule has 2 nitrogen and oxygen atoms in total. The summed E-state index contributed by atoms with van der Waals surface area (Å²) in [5, 5.41) is 2.91. The molecule has 0 rings (SSSR count). The number of thioether (sulfide) groups is 1. The fourth-order valence-electron chi connectivity index (χ4n) is 0.473. The Bertz CT molecular complexity index is 85.6. The van der Waals surface area contributed by atoms with Gasteiger partial charge in [0.05, 0.1) is 0 Å². The second-order valence-electron chi connectivity index (χ2n) is 2.06. The van der Waals surface area contributed by atoms with E-state index in [1.807, 2.05) is 6.92 Å². The maximum absolute atomic E-state index is 10.8. The van der Waals surface area contributed by atoms with E-state index in [9.17, 15) is 4.79 Å². The normalized spacial score (nSPS) is 9.40. The molecule has 0 aliphatic carbocycles. The summed E-state index contributed by atoms with van der Waals surface area (Å²) in [7, 11) is 0. The zero-order chi connectivity index (χ0) is 7.82. The van der Waals surface area contributed by atoms with E-state index in [2.05, 4.69) is 12.2 Å². The number of hydrogen-bond donors (Lipinski definition) is 1. The summed E-state index contributed by atoms with van der Waals surface area (Å²) in [4.78, 5) is 10.8. The highest BCUT2D eigenvalue weighted by Gasteiger charge is 1.96. The third-order valence-corrected chi connectivity index (χ3v) is 1.98. The fourth-order valence-corrected chi connectivity index (χ4v) is 1.07. The molecular weight excluding hydrogens is 146 g/mol. The largest absolute Gasteiger partial charge is 0.347 e. The molecule has 0 unspecified atom stereocenters. The predicted molar refractivity (Wildman–Crippen MR) is 46.4 cm³/mol. The smallest absolute Gasteiger partial charge is 0.279 e. The fraction of sp³-hybridized carbons (Fsp3) is 0.857. The highest BCUT2D eigenvalue weighted by atomic mass is 32.2. The molecule has 0 atom stereocenters. The van der Waals surface area contributed by atoms with Crippen LogP contribution < -0.4 is 5.32 Å². The molecule has 3 heteroatoms. The number of amides is 1. The first-order valence-electron chi connectivity index (χ1n) is 3.71. The van der Waals surface area contributed by atoms with E-state index in [1.165, 1.54) is 11.8 Å². The van der Waals surface area contributed by atoms with Gasteiger partial charge in [0, 0.05) is 12.3 Å². The van der Waals surface area contributed by atoms with Crippen LogP contribution in [0.15, 0.2) is 0 Å². The monoisotopic (exact) mass is 161 g/mol. The summed E-state index contributed by atoms with van der Waals surface area (Å²) in [6, 6.07) is 0. The molecule has 1 amide bonds. The minimum Gasteiger partial charge on any atom is -0.347 e. The number of rotatable bonds is 4.